The fourth-order valence-electron chi connectivity index (χ4n) is 2.38. The molecule has 0 saturated heterocycles. The first-order valence-corrected chi connectivity index (χ1v) is 5.62. The Morgan fingerprint density at radius 2 is 2.13 bits per heavy atom. The Morgan fingerprint density at radius 3 is 3.00 bits per heavy atom. The van der Waals surface area contributed by atoms with Crippen LogP contribution < -0.4 is 5.32 Å². The molecule has 78 valence electrons. The van der Waals surface area contributed by atoms with E-state index < -0.39 is 0 Å². The highest BCUT2D eigenvalue weighted by atomic mass is 15.1. The monoisotopic (exact) mass is 201 g/mol. The van der Waals surface area contributed by atoms with Crippen LogP contribution in [0.1, 0.15) is 25.7 Å². The second kappa shape index (κ2) is 3.57. The number of aromatic amines is 1. The van der Waals surface area contributed by atoms with E-state index in [1.807, 2.05) is 6.20 Å². The quantitative estimate of drug-likeness (QED) is 0.784. The van der Waals surface area contributed by atoms with Gasteiger partial charge in [0.15, 0.2) is 0 Å². The smallest absolute Gasteiger partial charge is 0.0671 e. The summed E-state index contributed by atoms with van der Waals surface area (Å²) < 4.78 is 0. The lowest BCUT2D eigenvalue weighted by Gasteiger charge is -2.13. The van der Waals surface area contributed by atoms with E-state index in [1.165, 1.54) is 36.8 Å². The van der Waals surface area contributed by atoms with E-state index in [-0.39, 0.29) is 0 Å². The Kier molecular flexibility index (Phi) is 2.09. The minimum absolute atomic E-state index is 0.658. The van der Waals surface area contributed by atoms with Gasteiger partial charge in [0.25, 0.3) is 0 Å². The van der Waals surface area contributed by atoms with Gasteiger partial charge in [-0.3, -0.25) is 5.10 Å². The van der Waals surface area contributed by atoms with Crippen LogP contribution in [-0.2, 0) is 0 Å². The minimum Gasteiger partial charge on any atom is -0.382 e. The zero-order chi connectivity index (χ0) is 10.1. The largest absolute Gasteiger partial charge is 0.382 e. The van der Waals surface area contributed by atoms with Crippen molar-refractivity contribution in [3.63, 3.8) is 0 Å². The molecule has 1 fully saturated rings. The van der Waals surface area contributed by atoms with Crippen molar-refractivity contribution in [2.45, 2.75) is 31.7 Å². The number of H-pyrrole nitrogens is 1. The number of fused-ring (bicyclic) bond motifs is 1. The van der Waals surface area contributed by atoms with Crippen LogP contribution in [0.4, 0.5) is 5.69 Å². The van der Waals surface area contributed by atoms with Crippen molar-refractivity contribution in [2.24, 2.45) is 0 Å². The lowest BCUT2D eigenvalue weighted by atomic mass is 10.2. The summed E-state index contributed by atoms with van der Waals surface area (Å²) in [5.41, 5.74) is 2.33. The molecule has 1 aliphatic rings. The molecule has 0 aliphatic heterocycles. The molecular formula is C12H15N3. The summed E-state index contributed by atoms with van der Waals surface area (Å²) in [6.07, 6.45) is 7.22. The summed E-state index contributed by atoms with van der Waals surface area (Å²) in [4.78, 5) is 0. The van der Waals surface area contributed by atoms with Gasteiger partial charge in [-0.05, 0) is 25.0 Å². The Hall–Kier alpha value is -1.51. The first kappa shape index (κ1) is 8.77. The standard InChI is InChI=1S/C12H15N3/c1-2-5-9(4-1)14-11-6-3-7-12-10(11)8-13-15-12/h3,6-9,14H,1-2,4-5H2,(H,13,15). The van der Waals surface area contributed by atoms with Crippen LogP contribution in [0, 0.1) is 0 Å². The molecule has 3 nitrogen and oxygen atoms in total. The van der Waals surface area contributed by atoms with Gasteiger partial charge in [0, 0.05) is 17.1 Å². The van der Waals surface area contributed by atoms with E-state index in [9.17, 15) is 0 Å². The summed E-state index contributed by atoms with van der Waals surface area (Å²) in [5, 5.41) is 11.9. The van der Waals surface area contributed by atoms with Crippen LogP contribution in [0.25, 0.3) is 10.9 Å². The van der Waals surface area contributed by atoms with Gasteiger partial charge in [0.05, 0.1) is 11.7 Å². The average molecular weight is 201 g/mol. The number of rotatable bonds is 2. The maximum Gasteiger partial charge on any atom is 0.0671 e. The Bertz CT molecular complexity index is 455. The molecule has 1 aliphatic carbocycles. The molecular weight excluding hydrogens is 186 g/mol. The van der Waals surface area contributed by atoms with Gasteiger partial charge in [-0.1, -0.05) is 18.9 Å². The zero-order valence-electron chi connectivity index (χ0n) is 8.66. The van der Waals surface area contributed by atoms with Crippen LogP contribution >= 0.6 is 0 Å². The highest BCUT2D eigenvalue weighted by Crippen LogP contribution is 2.26. The van der Waals surface area contributed by atoms with Gasteiger partial charge in [-0.2, -0.15) is 5.10 Å². The molecule has 0 radical (unpaired) electrons. The number of nitrogens with zero attached hydrogens (tertiary/aromatic N) is 1. The minimum atomic E-state index is 0.658. The van der Waals surface area contributed by atoms with Gasteiger partial charge in [0.2, 0.25) is 0 Å². The van der Waals surface area contributed by atoms with Crippen molar-refractivity contribution in [1.29, 1.82) is 0 Å². The van der Waals surface area contributed by atoms with E-state index >= 15 is 0 Å². The van der Waals surface area contributed by atoms with Crippen LogP contribution in [0.15, 0.2) is 24.4 Å². The molecule has 3 rings (SSSR count). The SMILES string of the molecule is c1cc(NC2CCCC2)c2cn[nH]c2c1. The van der Waals surface area contributed by atoms with Gasteiger partial charge in [-0.15, -0.1) is 0 Å². The molecule has 0 atom stereocenters. The highest BCUT2D eigenvalue weighted by Gasteiger charge is 2.15. The maximum atomic E-state index is 4.07. The summed E-state index contributed by atoms with van der Waals surface area (Å²) in [6, 6.07) is 6.92. The summed E-state index contributed by atoms with van der Waals surface area (Å²) in [6.45, 7) is 0. The molecule has 1 heterocycles. The Labute approximate surface area is 88.9 Å². The van der Waals surface area contributed by atoms with Crippen molar-refractivity contribution in [3.8, 4) is 0 Å². The average Bonchev–Trinajstić information content (AvgIpc) is 2.87. The fourth-order valence-corrected chi connectivity index (χ4v) is 2.38. The molecule has 1 saturated carbocycles. The van der Waals surface area contributed by atoms with Crippen LogP contribution in [0.2, 0.25) is 0 Å². The summed E-state index contributed by atoms with van der Waals surface area (Å²) in [5.74, 6) is 0. The topological polar surface area (TPSA) is 40.7 Å². The van der Waals surface area contributed by atoms with Crippen LogP contribution in [0.3, 0.4) is 0 Å². The number of aromatic nitrogens is 2. The van der Waals surface area contributed by atoms with Gasteiger partial charge < -0.3 is 5.32 Å². The van der Waals surface area contributed by atoms with Crippen molar-refractivity contribution < 1.29 is 0 Å². The van der Waals surface area contributed by atoms with Crippen LogP contribution in [0.5, 0.6) is 0 Å². The molecule has 1 aromatic carbocycles. The molecule has 0 spiro atoms. The second-order valence-corrected chi connectivity index (χ2v) is 4.26. The first-order valence-electron chi connectivity index (χ1n) is 5.62. The number of benzene rings is 1. The van der Waals surface area contributed by atoms with E-state index in [0.717, 1.165) is 5.52 Å². The van der Waals surface area contributed by atoms with Crippen molar-refractivity contribution >= 4 is 16.6 Å². The van der Waals surface area contributed by atoms with Gasteiger partial charge >= 0.3 is 0 Å². The normalized spacial score (nSPS) is 17.3. The molecule has 3 heteroatoms. The number of hydrogen-bond acceptors (Lipinski definition) is 2. The third kappa shape index (κ3) is 1.58. The number of hydrogen-bond donors (Lipinski definition) is 2. The van der Waals surface area contributed by atoms with E-state index in [0.29, 0.717) is 6.04 Å². The van der Waals surface area contributed by atoms with E-state index in [4.69, 9.17) is 0 Å². The third-order valence-electron chi connectivity index (χ3n) is 3.20. The molecule has 1 aromatic heterocycles. The Morgan fingerprint density at radius 1 is 1.27 bits per heavy atom. The van der Waals surface area contributed by atoms with Crippen molar-refractivity contribution in [3.05, 3.63) is 24.4 Å². The predicted molar refractivity (Wildman–Crippen MR) is 62.0 cm³/mol. The molecule has 0 bridgehead atoms. The van der Waals surface area contributed by atoms with Crippen LogP contribution in [-0.4, -0.2) is 16.2 Å². The van der Waals surface area contributed by atoms with E-state index in [2.05, 4.69) is 33.7 Å². The molecule has 2 aromatic rings. The Balaban J connectivity index is 1.92. The molecule has 15 heavy (non-hydrogen) atoms. The fraction of sp³-hybridized carbons (Fsp3) is 0.417. The first-order chi connectivity index (χ1) is 7.43. The molecule has 2 N–H and O–H groups in total. The maximum absolute atomic E-state index is 4.07. The molecule has 0 unspecified atom stereocenters. The number of nitrogens with one attached hydrogen (secondary N) is 2. The molecule has 0 amide bonds. The van der Waals surface area contributed by atoms with Crippen molar-refractivity contribution in [2.75, 3.05) is 5.32 Å². The van der Waals surface area contributed by atoms with Crippen molar-refractivity contribution in [1.82, 2.24) is 10.2 Å². The van der Waals surface area contributed by atoms with Gasteiger partial charge in [-0.25, -0.2) is 0 Å². The van der Waals surface area contributed by atoms with Gasteiger partial charge in [0.1, 0.15) is 0 Å². The van der Waals surface area contributed by atoms with E-state index in [1.54, 1.807) is 0 Å². The number of anilines is 1. The summed E-state index contributed by atoms with van der Waals surface area (Å²) in [7, 11) is 0. The highest BCUT2D eigenvalue weighted by molar-refractivity contribution is 5.90. The lowest BCUT2D eigenvalue weighted by Crippen LogP contribution is -2.14. The summed E-state index contributed by atoms with van der Waals surface area (Å²) >= 11 is 0. The third-order valence-corrected chi connectivity index (χ3v) is 3.20. The second-order valence-electron chi connectivity index (χ2n) is 4.26. The lowest BCUT2D eigenvalue weighted by molar-refractivity contribution is 0.757. The predicted octanol–water partition coefficient (Wildman–Crippen LogP) is 2.92. The zero-order valence-corrected chi connectivity index (χ0v) is 8.66.